The van der Waals surface area contributed by atoms with Crippen LogP contribution in [0.2, 0.25) is 0 Å². The Morgan fingerprint density at radius 1 is 1.50 bits per heavy atom. The van der Waals surface area contributed by atoms with Gasteiger partial charge < -0.3 is 0 Å². The Morgan fingerprint density at radius 2 is 2.10 bits per heavy atom. The van der Waals surface area contributed by atoms with E-state index in [1.54, 1.807) is 12.6 Å². The molecule has 0 unspecified atom stereocenters. The first-order valence-corrected chi connectivity index (χ1v) is 2.47. The van der Waals surface area contributed by atoms with Crippen LogP contribution in [0.25, 0.3) is 0 Å². The van der Waals surface area contributed by atoms with E-state index in [0.29, 0.717) is 0 Å². The molecule has 1 rings (SSSR count). The maximum absolute atomic E-state index is 9.78. The van der Waals surface area contributed by atoms with E-state index < -0.39 is 4.92 Å². The molecule has 0 fully saturated rings. The van der Waals surface area contributed by atoms with E-state index in [1.165, 1.54) is 12.4 Å². The molecular weight excluding hydrogens is 134 g/mol. The summed E-state index contributed by atoms with van der Waals surface area (Å²) in [6.45, 7) is 1.80. The van der Waals surface area contributed by atoms with Gasteiger partial charge in [0.1, 0.15) is 0 Å². The average Bonchev–Trinajstić information content (AvgIpc) is 1.88. The van der Waals surface area contributed by atoms with Gasteiger partial charge in [-0.15, -0.1) is 0 Å². The van der Waals surface area contributed by atoms with Gasteiger partial charge in [-0.05, 0) is 6.07 Å². The zero-order chi connectivity index (χ0) is 7.40. The lowest BCUT2D eigenvalue weighted by atomic mass is 10.5. The summed E-state index contributed by atoms with van der Waals surface area (Å²) in [5.74, 6) is -0.00694. The first kappa shape index (κ1) is 6.60. The van der Waals surface area contributed by atoms with E-state index >= 15 is 0 Å². The smallest absolute Gasteiger partial charge is 0.263 e. The Labute approximate surface area is 56.9 Å². The molecule has 50 valence electrons. The lowest BCUT2D eigenvalue weighted by Gasteiger charge is -1.85. The summed E-state index contributed by atoms with van der Waals surface area (Å²) >= 11 is 0. The summed E-state index contributed by atoms with van der Waals surface area (Å²) in [7, 11) is 0. The Kier molecular flexibility index (Phi) is 1.89. The molecule has 0 saturated heterocycles. The minimum atomic E-state index is -0.713. The maximum atomic E-state index is 9.78. The molecule has 0 aliphatic heterocycles. The van der Waals surface area contributed by atoms with E-state index in [-0.39, 0.29) is 5.82 Å². The highest BCUT2D eigenvalue weighted by atomic mass is 16.6. The monoisotopic (exact) mass is 137 g/mol. The minimum Gasteiger partial charge on any atom is -0.263 e. The highest BCUT2D eigenvalue weighted by Crippen LogP contribution is 1.90. The van der Waals surface area contributed by atoms with Crippen molar-refractivity contribution in [1.82, 2.24) is 9.97 Å². The standard InChI is InChI=1S/C5H3N3O2/c9-8(10)4-5-6-2-1-3-7-5/h1-3H. The molecule has 1 heterocycles. The number of hydrogen-bond acceptors (Lipinski definition) is 4. The molecule has 0 aliphatic carbocycles. The lowest BCUT2D eigenvalue weighted by Crippen LogP contribution is -1.99. The van der Waals surface area contributed by atoms with E-state index in [4.69, 9.17) is 0 Å². The SMILES string of the molecule is O=[N+]([O-])[C]c1ncccn1. The van der Waals surface area contributed by atoms with Gasteiger partial charge in [-0.3, -0.25) is 10.1 Å². The van der Waals surface area contributed by atoms with Crippen LogP contribution in [0.4, 0.5) is 0 Å². The van der Waals surface area contributed by atoms with Gasteiger partial charge in [0.2, 0.25) is 5.82 Å². The molecule has 1 aromatic heterocycles. The highest BCUT2D eigenvalue weighted by molar-refractivity contribution is 4.94. The second-order valence-electron chi connectivity index (χ2n) is 1.44. The molecule has 0 saturated carbocycles. The summed E-state index contributed by atoms with van der Waals surface area (Å²) in [5.41, 5.74) is 0. The molecule has 0 aliphatic rings. The van der Waals surface area contributed by atoms with Crippen LogP contribution >= 0.6 is 0 Å². The Morgan fingerprint density at radius 3 is 2.60 bits per heavy atom. The van der Waals surface area contributed by atoms with Crippen molar-refractivity contribution in [2.24, 2.45) is 0 Å². The molecule has 0 amide bonds. The zero-order valence-corrected chi connectivity index (χ0v) is 4.89. The average molecular weight is 137 g/mol. The molecule has 0 aromatic carbocycles. The van der Waals surface area contributed by atoms with Gasteiger partial charge in [-0.25, -0.2) is 9.97 Å². The molecule has 2 radical (unpaired) electrons. The van der Waals surface area contributed by atoms with Crippen molar-refractivity contribution in [2.45, 2.75) is 0 Å². The van der Waals surface area contributed by atoms with Crippen LogP contribution in [0, 0.1) is 16.7 Å². The predicted molar refractivity (Wildman–Crippen MR) is 31.4 cm³/mol. The fraction of sp³-hybridized carbons (Fsp3) is 0. The first-order valence-electron chi connectivity index (χ1n) is 2.47. The van der Waals surface area contributed by atoms with Gasteiger partial charge in [-0.2, -0.15) is 0 Å². The van der Waals surface area contributed by atoms with Crippen LogP contribution < -0.4 is 0 Å². The fourth-order valence-electron chi connectivity index (χ4n) is 0.438. The molecule has 0 N–H and O–H groups in total. The largest absolute Gasteiger partial charge is 0.448 e. The second-order valence-corrected chi connectivity index (χ2v) is 1.44. The summed E-state index contributed by atoms with van der Waals surface area (Å²) < 4.78 is 0. The number of hydrogen-bond donors (Lipinski definition) is 0. The lowest BCUT2D eigenvalue weighted by molar-refractivity contribution is -0.430. The topological polar surface area (TPSA) is 68.9 Å². The van der Waals surface area contributed by atoms with Crippen LogP contribution in [0.15, 0.2) is 18.5 Å². The van der Waals surface area contributed by atoms with Crippen molar-refractivity contribution in [3.63, 3.8) is 0 Å². The molecule has 5 heteroatoms. The fourth-order valence-corrected chi connectivity index (χ4v) is 0.438. The summed E-state index contributed by atoms with van der Waals surface area (Å²) in [5, 5.41) is 9.78. The molecule has 10 heavy (non-hydrogen) atoms. The third-order valence-electron chi connectivity index (χ3n) is 0.757. The van der Waals surface area contributed by atoms with Crippen molar-refractivity contribution in [2.75, 3.05) is 0 Å². The quantitative estimate of drug-likeness (QED) is 0.330. The van der Waals surface area contributed by atoms with Crippen molar-refractivity contribution < 1.29 is 4.92 Å². The summed E-state index contributed by atoms with van der Waals surface area (Å²) in [6, 6.07) is 1.57. The van der Waals surface area contributed by atoms with Crippen LogP contribution in [-0.4, -0.2) is 14.9 Å². The minimum absolute atomic E-state index is 0.00694. The van der Waals surface area contributed by atoms with Crippen molar-refractivity contribution >= 4 is 0 Å². The Hall–Kier alpha value is -1.52. The second kappa shape index (κ2) is 2.86. The van der Waals surface area contributed by atoms with Crippen LogP contribution in [-0.2, 0) is 0 Å². The predicted octanol–water partition coefficient (Wildman–Crippen LogP) is 0.140. The number of nitrogens with zero attached hydrogens (tertiary/aromatic N) is 3. The van der Waals surface area contributed by atoms with Crippen molar-refractivity contribution in [3.8, 4) is 0 Å². The van der Waals surface area contributed by atoms with Gasteiger partial charge in [0.15, 0.2) is 0 Å². The summed E-state index contributed by atoms with van der Waals surface area (Å²) in [6.07, 6.45) is 2.83. The van der Waals surface area contributed by atoms with Crippen LogP contribution in [0.3, 0.4) is 0 Å². The molecular formula is C5H3N3O2. The third-order valence-corrected chi connectivity index (χ3v) is 0.757. The van der Waals surface area contributed by atoms with E-state index in [9.17, 15) is 10.1 Å². The molecule has 5 nitrogen and oxygen atoms in total. The number of rotatable bonds is 2. The maximum Gasteiger partial charge on any atom is 0.448 e. The van der Waals surface area contributed by atoms with Gasteiger partial charge in [-0.1, -0.05) is 0 Å². The molecule has 0 atom stereocenters. The van der Waals surface area contributed by atoms with E-state index in [0.717, 1.165) is 0 Å². The Bertz CT molecular complexity index is 224. The number of nitro groups is 1. The molecule has 1 aromatic rings. The molecule has 0 spiro atoms. The Balaban J connectivity index is 2.67. The first-order chi connectivity index (χ1) is 4.79. The molecule has 0 bridgehead atoms. The van der Waals surface area contributed by atoms with Crippen molar-refractivity contribution in [1.29, 1.82) is 0 Å². The van der Waals surface area contributed by atoms with Gasteiger partial charge in [0, 0.05) is 12.4 Å². The third kappa shape index (κ3) is 1.77. The van der Waals surface area contributed by atoms with Crippen molar-refractivity contribution in [3.05, 3.63) is 40.9 Å². The number of aromatic nitrogens is 2. The normalized spacial score (nSPS) is 9.20. The van der Waals surface area contributed by atoms with Gasteiger partial charge >= 0.3 is 6.54 Å². The highest BCUT2D eigenvalue weighted by Gasteiger charge is 2.07. The van der Waals surface area contributed by atoms with E-state index in [2.05, 4.69) is 9.97 Å². The van der Waals surface area contributed by atoms with Crippen LogP contribution in [0.5, 0.6) is 0 Å². The van der Waals surface area contributed by atoms with Gasteiger partial charge in [0.05, 0.1) is 4.92 Å². The summed E-state index contributed by atoms with van der Waals surface area (Å²) in [4.78, 5) is 16.2. The van der Waals surface area contributed by atoms with Gasteiger partial charge in [0.25, 0.3) is 0 Å². The van der Waals surface area contributed by atoms with Crippen LogP contribution in [0.1, 0.15) is 5.82 Å². The van der Waals surface area contributed by atoms with E-state index in [1.807, 2.05) is 0 Å². The zero-order valence-electron chi connectivity index (χ0n) is 4.89.